The molecule has 1 amide bonds. The van der Waals surface area contributed by atoms with Crippen LogP contribution in [-0.4, -0.2) is 11.9 Å². The Morgan fingerprint density at radius 1 is 1.10 bits per heavy atom. The highest BCUT2D eigenvalue weighted by atomic mass is 35.5. The minimum Gasteiger partial charge on any atom is -0.318 e. The van der Waals surface area contributed by atoms with Crippen molar-refractivity contribution in [3.63, 3.8) is 0 Å². The molecule has 0 spiro atoms. The number of anilines is 1. The van der Waals surface area contributed by atoms with Crippen LogP contribution < -0.4 is 10.6 Å². The van der Waals surface area contributed by atoms with Crippen molar-refractivity contribution in [2.24, 2.45) is 5.73 Å². The van der Waals surface area contributed by atoms with E-state index in [2.05, 4.69) is 31.2 Å². The second-order valence-corrected chi connectivity index (χ2v) is 5.69. The Bertz CT molecular complexity index is 651. The van der Waals surface area contributed by atoms with E-state index in [-0.39, 0.29) is 11.9 Å². The quantitative estimate of drug-likeness (QED) is 0.884. The number of hydrogen-bond acceptors (Lipinski definition) is 2. The van der Waals surface area contributed by atoms with E-state index < -0.39 is 6.04 Å². The molecule has 0 bridgehead atoms. The predicted octanol–water partition coefficient (Wildman–Crippen LogP) is 3.32. The molecule has 2 aromatic carbocycles. The number of nitrogens with two attached hydrogens (primary N) is 1. The summed E-state index contributed by atoms with van der Waals surface area (Å²) in [5, 5.41) is 0.653. The molecule has 0 aromatic heterocycles. The van der Waals surface area contributed by atoms with Crippen molar-refractivity contribution in [3.05, 3.63) is 64.7 Å². The van der Waals surface area contributed by atoms with Crippen LogP contribution in [0.1, 0.15) is 24.1 Å². The third kappa shape index (κ3) is 2.43. The first-order valence-electron chi connectivity index (χ1n) is 7.05. The second kappa shape index (κ2) is 5.51. The third-order valence-electron chi connectivity index (χ3n) is 3.98. The van der Waals surface area contributed by atoms with Gasteiger partial charge in [-0.2, -0.15) is 0 Å². The van der Waals surface area contributed by atoms with Crippen molar-refractivity contribution in [1.29, 1.82) is 0 Å². The average Bonchev–Trinajstić information content (AvgIpc) is 2.53. The molecule has 2 N–H and O–H groups in total. The van der Waals surface area contributed by atoms with Crippen molar-refractivity contribution in [2.75, 3.05) is 4.90 Å². The normalized spacial score (nSPS) is 21.3. The Morgan fingerprint density at radius 3 is 2.29 bits per heavy atom. The van der Waals surface area contributed by atoms with Gasteiger partial charge in [-0.15, -0.1) is 0 Å². The third-order valence-corrected chi connectivity index (χ3v) is 4.23. The SMILES string of the molecule is CCc1ccc([C@@H]2[C@@H](N)C(=O)N2c2ccc(Cl)cc2)cc1. The Morgan fingerprint density at radius 2 is 1.71 bits per heavy atom. The average molecular weight is 301 g/mol. The number of carbonyl (C=O) groups excluding carboxylic acids is 1. The maximum atomic E-state index is 12.1. The van der Waals surface area contributed by atoms with E-state index in [1.165, 1.54) is 5.56 Å². The van der Waals surface area contributed by atoms with E-state index in [4.69, 9.17) is 17.3 Å². The number of nitrogens with zero attached hydrogens (tertiary/aromatic N) is 1. The predicted molar refractivity (Wildman–Crippen MR) is 85.5 cm³/mol. The molecule has 0 saturated carbocycles. The van der Waals surface area contributed by atoms with Gasteiger partial charge in [0.15, 0.2) is 0 Å². The van der Waals surface area contributed by atoms with Gasteiger partial charge in [-0.25, -0.2) is 0 Å². The molecular weight excluding hydrogens is 284 g/mol. The number of hydrogen-bond donors (Lipinski definition) is 1. The van der Waals surface area contributed by atoms with E-state index in [1.807, 2.05) is 12.1 Å². The van der Waals surface area contributed by atoms with Gasteiger partial charge in [0.05, 0.1) is 6.04 Å². The zero-order valence-corrected chi connectivity index (χ0v) is 12.5. The number of carbonyl (C=O) groups is 1. The van der Waals surface area contributed by atoms with Gasteiger partial charge >= 0.3 is 0 Å². The van der Waals surface area contributed by atoms with Gasteiger partial charge in [0.1, 0.15) is 6.04 Å². The minimum absolute atomic E-state index is 0.0538. The summed E-state index contributed by atoms with van der Waals surface area (Å²) in [6.07, 6.45) is 0.997. The maximum Gasteiger partial charge on any atom is 0.247 e. The van der Waals surface area contributed by atoms with Crippen LogP contribution in [0, 0.1) is 0 Å². The molecule has 2 atom stereocenters. The summed E-state index contributed by atoms with van der Waals surface area (Å²) >= 11 is 5.90. The fraction of sp³-hybridized carbons (Fsp3) is 0.235. The van der Waals surface area contributed by atoms with Crippen molar-refractivity contribution in [1.82, 2.24) is 0 Å². The molecule has 3 nitrogen and oxygen atoms in total. The van der Waals surface area contributed by atoms with Gasteiger partial charge in [-0.1, -0.05) is 42.8 Å². The summed E-state index contributed by atoms with van der Waals surface area (Å²) in [4.78, 5) is 13.9. The number of aryl methyl sites for hydroxylation is 1. The highest BCUT2D eigenvalue weighted by molar-refractivity contribution is 6.30. The Balaban J connectivity index is 1.92. The lowest BCUT2D eigenvalue weighted by molar-refractivity contribution is -0.126. The Hall–Kier alpha value is -1.84. The van der Waals surface area contributed by atoms with Crippen molar-refractivity contribution < 1.29 is 4.79 Å². The van der Waals surface area contributed by atoms with Crippen LogP contribution in [0.4, 0.5) is 5.69 Å². The van der Waals surface area contributed by atoms with Crippen LogP contribution in [0.15, 0.2) is 48.5 Å². The van der Waals surface area contributed by atoms with E-state index in [1.54, 1.807) is 17.0 Å². The molecule has 108 valence electrons. The largest absolute Gasteiger partial charge is 0.318 e. The molecule has 1 fully saturated rings. The van der Waals surface area contributed by atoms with Crippen molar-refractivity contribution in [2.45, 2.75) is 25.4 Å². The number of rotatable bonds is 3. The van der Waals surface area contributed by atoms with E-state index in [0.717, 1.165) is 17.7 Å². The molecule has 21 heavy (non-hydrogen) atoms. The molecule has 1 heterocycles. The van der Waals surface area contributed by atoms with Gasteiger partial charge in [0, 0.05) is 10.7 Å². The number of halogens is 1. The summed E-state index contributed by atoms with van der Waals surface area (Å²) in [7, 11) is 0. The first kappa shape index (κ1) is 14.1. The zero-order chi connectivity index (χ0) is 15.0. The number of β-lactam (4-membered cyclic amide) rings is 1. The lowest BCUT2D eigenvalue weighted by Gasteiger charge is -2.45. The number of amides is 1. The Labute approximate surface area is 129 Å². The molecule has 0 unspecified atom stereocenters. The lowest BCUT2D eigenvalue weighted by Crippen LogP contribution is -2.63. The van der Waals surface area contributed by atoms with Crippen LogP contribution in [0.3, 0.4) is 0 Å². The summed E-state index contributed by atoms with van der Waals surface area (Å²) in [5.74, 6) is -0.0538. The standard InChI is InChI=1S/C17H17ClN2O/c1-2-11-3-5-12(6-4-11)16-15(19)17(21)20(16)14-9-7-13(18)8-10-14/h3-10,15-16H,2,19H2,1H3/t15-,16-/m1/s1. The Kier molecular flexibility index (Phi) is 3.70. The van der Waals surface area contributed by atoms with Crippen molar-refractivity contribution in [3.8, 4) is 0 Å². The maximum absolute atomic E-state index is 12.1. The topological polar surface area (TPSA) is 46.3 Å². The molecule has 1 aliphatic heterocycles. The molecule has 2 aromatic rings. The van der Waals surface area contributed by atoms with Crippen LogP contribution in [0.2, 0.25) is 5.02 Å². The molecule has 1 saturated heterocycles. The summed E-state index contributed by atoms with van der Waals surface area (Å²) in [6, 6.07) is 15.0. The van der Waals surface area contributed by atoms with E-state index in [0.29, 0.717) is 5.02 Å². The van der Waals surface area contributed by atoms with Gasteiger partial charge in [-0.3, -0.25) is 4.79 Å². The minimum atomic E-state index is -0.479. The van der Waals surface area contributed by atoms with Gasteiger partial charge in [0.2, 0.25) is 5.91 Å². The van der Waals surface area contributed by atoms with Gasteiger partial charge < -0.3 is 10.6 Å². The molecular formula is C17H17ClN2O. The smallest absolute Gasteiger partial charge is 0.247 e. The lowest BCUT2D eigenvalue weighted by atomic mass is 9.88. The van der Waals surface area contributed by atoms with E-state index in [9.17, 15) is 4.79 Å². The highest BCUT2D eigenvalue weighted by Gasteiger charge is 2.46. The monoisotopic (exact) mass is 300 g/mol. The van der Waals surface area contributed by atoms with Crippen LogP contribution in [0.25, 0.3) is 0 Å². The van der Waals surface area contributed by atoms with Crippen LogP contribution in [-0.2, 0) is 11.2 Å². The first-order valence-corrected chi connectivity index (χ1v) is 7.42. The van der Waals surface area contributed by atoms with Gasteiger partial charge in [0.25, 0.3) is 0 Å². The van der Waals surface area contributed by atoms with E-state index >= 15 is 0 Å². The molecule has 3 rings (SSSR count). The number of benzene rings is 2. The summed E-state index contributed by atoms with van der Waals surface area (Å²) in [6.45, 7) is 2.12. The fourth-order valence-electron chi connectivity index (χ4n) is 2.71. The second-order valence-electron chi connectivity index (χ2n) is 5.25. The van der Waals surface area contributed by atoms with Crippen molar-refractivity contribution >= 4 is 23.2 Å². The summed E-state index contributed by atoms with van der Waals surface area (Å²) in [5.41, 5.74) is 9.18. The van der Waals surface area contributed by atoms with Crippen LogP contribution in [0.5, 0.6) is 0 Å². The zero-order valence-electron chi connectivity index (χ0n) is 11.8. The van der Waals surface area contributed by atoms with Crippen LogP contribution >= 0.6 is 11.6 Å². The molecule has 0 radical (unpaired) electrons. The summed E-state index contributed by atoms with van der Waals surface area (Å²) < 4.78 is 0. The first-order chi connectivity index (χ1) is 10.1. The van der Waals surface area contributed by atoms with Gasteiger partial charge in [-0.05, 0) is 41.8 Å². The fourth-order valence-corrected chi connectivity index (χ4v) is 2.83. The molecule has 0 aliphatic carbocycles. The molecule has 1 aliphatic rings. The molecule has 4 heteroatoms. The highest BCUT2D eigenvalue weighted by Crippen LogP contribution is 2.38.